The summed E-state index contributed by atoms with van der Waals surface area (Å²) < 4.78 is 13.0. The molecule has 16 heavy (non-hydrogen) atoms. The SMILES string of the molecule is CC(C)N=C(NN)Nc1cc(F)cc(Cl)c1. The molecule has 0 unspecified atom stereocenters. The van der Waals surface area contributed by atoms with Gasteiger partial charge < -0.3 is 5.32 Å². The van der Waals surface area contributed by atoms with E-state index in [2.05, 4.69) is 15.7 Å². The molecule has 4 nitrogen and oxygen atoms in total. The average molecular weight is 245 g/mol. The molecule has 0 aliphatic heterocycles. The maximum absolute atomic E-state index is 13.0. The first kappa shape index (κ1) is 12.7. The summed E-state index contributed by atoms with van der Waals surface area (Å²) in [4.78, 5) is 4.15. The van der Waals surface area contributed by atoms with Gasteiger partial charge in [0.05, 0.1) is 0 Å². The number of hydrogen-bond acceptors (Lipinski definition) is 2. The summed E-state index contributed by atoms with van der Waals surface area (Å²) >= 11 is 5.71. The first-order chi connectivity index (χ1) is 7.51. The van der Waals surface area contributed by atoms with Crippen molar-refractivity contribution in [1.29, 1.82) is 0 Å². The van der Waals surface area contributed by atoms with Gasteiger partial charge in [-0.3, -0.25) is 5.43 Å². The second kappa shape index (κ2) is 5.67. The van der Waals surface area contributed by atoms with E-state index >= 15 is 0 Å². The molecular formula is C10H14ClFN4. The Bertz CT molecular complexity index is 372. The molecule has 1 rings (SSSR count). The first-order valence-electron chi connectivity index (χ1n) is 4.79. The number of anilines is 1. The number of nitrogens with one attached hydrogen (secondary N) is 2. The highest BCUT2D eigenvalue weighted by molar-refractivity contribution is 6.30. The first-order valence-corrected chi connectivity index (χ1v) is 5.16. The summed E-state index contributed by atoms with van der Waals surface area (Å²) in [5, 5.41) is 3.14. The summed E-state index contributed by atoms with van der Waals surface area (Å²) in [6.45, 7) is 3.80. The Balaban J connectivity index is 2.86. The van der Waals surface area contributed by atoms with Crippen LogP contribution in [0, 0.1) is 5.82 Å². The average Bonchev–Trinajstić information content (AvgIpc) is 2.14. The summed E-state index contributed by atoms with van der Waals surface area (Å²) in [6, 6.07) is 4.18. The number of nitrogens with two attached hydrogens (primary N) is 1. The van der Waals surface area contributed by atoms with E-state index in [0.717, 1.165) is 0 Å². The number of halogens is 2. The van der Waals surface area contributed by atoms with Crippen molar-refractivity contribution in [3.63, 3.8) is 0 Å². The number of guanidine groups is 1. The Morgan fingerprint density at radius 2 is 2.12 bits per heavy atom. The lowest BCUT2D eigenvalue weighted by atomic mass is 10.3. The molecule has 0 atom stereocenters. The minimum atomic E-state index is -0.420. The van der Waals surface area contributed by atoms with Crippen LogP contribution in [0.3, 0.4) is 0 Å². The molecule has 88 valence electrons. The van der Waals surface area contributed by atoms with Gasteiger partial charge in [-0.1, -0.05) is 11.6 Å². The maximum atomic E-state index is 13.0. The van der Waals surface area contributed by atoms with E-state index in [0.29, 0.717) is 16.7 Å². The molecule has 0 fully saturated rings. The smallest absolute Gasteiger partial charge is 0.210 e. The quantitative estimate of drug-likeness (QED) is 0.323. The molecule has 1 aromatic carbocycles. The van der Waals surface area contributed by atoms with Crippen LogP contribution in [0.25, 0.3) is 0 Å². The van der Waals surface area contributed by atoms with E-state index in [-0.39, 0.29) is 6.04 Å². The molecule has 0 aliphatic carbocycles. The van der Waals surface area contributed by atoms with Gasteiger partial charge in [0.15, 0.2) is 0 Å². The van der Waals surface area contributed by atoms with Crippen LogP contribution in [-0.2, 0) is 0 Å². The predicted octanol–water partition coefficient (Wildman–Crippen LogP) is 2.12. The molecule has 0 bridgehead atoms. The zero-order valence-electron chi connectivity index (χ0n) is 9.09. The summed E-state index contributed by atoms with van der Waals surface area (Å²) in [5.41, 5.74) is 2.88. The largest absolute Gasteiger partial charge is 0.325 e. The second-order valence-corrected chi connectivity index (χ2v) is 3.94. The number of benzene rings is 1. The van der Waals surface area contributed by atoms with Gasteiger partial charge in [-0.2, -0.15) is 0 Å². The van der Waals surface area contributed by atoms with Gasteiger partial charge >= 0.3 is 0 Å². The van der Waals surface area contributed by atoms with Gasteiger partial charge in [0.25, 0.3) is 0 Å². The van der Waals surface area contributed by atoms with E-state index in [1.807, 2.05) is 13.8 Å². The highest BCUT2D eigenvalue weighted by Crippen LogP contribution is 2.17. The highest BCUT2D eigenvalue weighted by atomic mass is 35.5. The fraction of sp³-hybridized carbons (Fsp3) is 0.300. The lowest BCUT2D eigenvalue weighted by molar-refractivity contribution is 0.628. The monoisotopic (exact) mass is 244 g/mol. The summed E-state index contributed by atoms with van der Waals surface area (Å²) in [5.74, 6) is 5.21. The van der Waals surface area contributed by atoms with E-state index in [1.165, 1.54) is 12.1 Å². The fourth-order valence-corrected chi connectivity index (χ4v) is 1.35. The van der Waals surface area contributed by atoms with Crippen molar-refractivity contribution in [2.24, 2.45) is 10.8 Å². The van der Waals surface area contributed by atoms with Crippen LogP contribution in [-0.4, -0.2) is 12.0 Å². The Kier molecular flexibility index (Phi) is 4.52. The van der Waals surface area contributed by atoms with Gasteiger partial charge in [-0.05, 0) is 32.0 Å². The molecule has 0 saturated carbocycles. The Hall–Kier alpha value is -1.33. The van der Waals surface area contributed by atoms with Gasteiger partial charge in [0.1, 0.15) is 5.82 Å². The van der Waals surface area contributed by atoms with Crippen molar-refractivity contribution in [3.05, 3.63) is 29.0 Å². The normalized spacial score (nSPS) is 11.8. The Morgan fingerprint density at radius 1 is 1.44 bits per heavy atom. The molecule has 0 radical (unpaired) electrons. The van der Waals surface area contributed by atoms with Gasteiger partial charge in [0.2, 0.25) is 5.96 Å². The third-order valence-electron chi connectivity index (χ3n) is 1.65. The third-order valence-corrected chi connectivity index (χ3v) is 1.87. The Morgan fingerprint density at radius 3 is 2.62 bits per heavy atom. The fourth-order valence-electron chi connectivity index (χ4n) is 1.13. The van der Waals surface area contributed by atoms with Crippen molar-refractivity contribution in [3.8, 4) is 0 Å². The van der Waals surface area contributed by atoms with Crippen LogP contribution in [0.1, 0.15) is 13.8 Å². The Labute approximate surface area is 98.7 Å². The van der Waals surface area contributed by atoms with Crippen molar-refractivity contribution < 1.29 is 4.39 Å². The minimum Gasteiger partial charge on any atom is -0.325 e. The van der Waals surface area contributed by atoms with Crippen LogP contribution in [0.2, 0.25) is 5.02 Å². The van der Waals surface area contributed by atoms with Crippen molar-refractivity contribution >= 4 is 23.2 Å². The standard InChI is InChI=1S/C10H14ClFN4/c1-6(2)14-10(16-13)15-9-4-7(11)3-8(12)5-9/h3-6H,13H2,1-2H3,(H2,14,15,16). The molecule has 0 spiro atoms. The van der Waals surface area contributed by atoms with E-state index in [4.69, 9.17) is 17.4 Å². The van der Waals surface area contributed by atoms with Gasteiger partial charge in [-0.15, -0.1) is 0 Å². The van der Waals surface area contributed by atoms with Crippen molar-refractivity contribution in [2.75, 3.05) is 5.32 Å². The predicted molar refractivity (Wildman–Crippen MR) is 64.9 cm³/mol. The molecule has 0 heterocycles. The van der Waals surface area contributed by atoms with Gasteiger partial charge in [-0.25, -0.2) is 15.2 Å². The van der Waals surface area contributed by atoms with Crippen LogP contribution in [0.4, 0.5) is 10.1 Å². The molecular weight excluding hydrogens is 231 g/mol. The second-order valence-electron chi connectivity index (χ2n) is 3.50. The molecule has 6 heteroatoms. The minimum absolute atomic E-state index is 0.0718. The lowest BCUT2D eigenvalue weighted by Gasteiger charge is -2.10. The number of hydrogen-bond donors (Lipinski definition) is 3. The third kappa shape index (κ3) is 4.04. The molecule has 1 aromatic rings. The van der Waals surface area contributed by atoms with Crippen molar-refractivity contribution in [1.82, 2.24) is 5.43 Å². The molecule has 0 amide bonds. The number of nitrogens with zero attached hydrogens (tertiary/aromatic N) is 1. The topological polar surface area (TPSA) is 62.4 Å². The van der Waals surface area contributed by atoms with Crippen LogP contribution in [0.5, 0.6) is 0 Å². The van der Waals surface area contributed by atoms with Crippen LogP contribution in [0.15, 0.2) is 23.2 Å². The summed E-state index contributed by atoms with van der Waals surface area (Å²) in [6.07, 6.45) is 0. The van der Waals surface area contributed by atoms with Crippen molar-refractivity contribution in [2.45, 2.75) is 19.9 Å². The number of aliphatic imine (C=N–C) groups is 1. The van der Waals surface area contributed by atoms with E-state index < -0.39 is 5.82 Å². The van der Waals surface area contributed by atoms with Crippen LogP contribution >= 0.6 is 11.6 Å². The molecule has 4 N–H and O–H groups in total. The number of hydrazine groups is 1. The molecule has 0 saturated heterocycles. The van der Waals surface area contributed by atoms with Crippen LogP contribution < -0.4 is 16.6 Å². The number of rotatable bonds is 2. The van der Waals surface area contributed by atoms with Gasteiger partial charge in [0, 0.05) is 16.8 Å². The molecule has 0 aliphatic rings. The molecule has 0 aromatic heterocycles. The maximum Gasteiger partial charge on any atom is 0.210 e. The highest BCUT2D eigenvalue weighted by Gasteiger charge is 2.02. The lowest BCUT2D eigenvalue weighted by Crippen LogP contribution is -2.37. The van der Waals surface area contributed by atoms with E-state index in [1.54, 1.807) is 6.07 Å². The summed E-state index contributed by atoms with van der Waals surface area (Å²) in [7, 11) is 0. The zero-order valence-corrected chi connectivity index (χ0v) is 9.85. The zero-order chi connectivity index (χ0) is 12.1. The van der Waals surface area contributed by atoms with E-state index in [9.17, 15) is 4.39 Å².